The molecule has 2 aliphatic heterocycles. The van der Waals surface area contributed by atoms with Gasteiger partial charge in [0, 0.05) is 60.7 Å². The smallest absolute Gasteiger partial charge is 0.407 e. The molecule has 0 radical (unpaired) electrons. The molecule has 1 unspecified atom stereocenters. The van der Waals surface area contributed by atoms with E-state index in [0.717, 1.165) is 47.3 Å². The first-order valence-electron chi connectivity index (χ1n) is 19.7. The van der Waals surface area contributed by atoms with Crippen LogP contribution in [0.2, 0.25) is 0 Å². The number of imidazole rings is 2. The van der Waals surface area contributed by atoms with Gasteiger partial charge in [-0.2, -0.15) is 0 Å². The van der Waals surface area contributed by atoms with Crippen molar-refractivity contribution in [2.24, 2.45) is 5.92 Å². The first kappa shape index (κ1) is 38.6. The molecule has 4 N–H and O–H groups in total. The number of methoxy groups -OCH3 is 2. The van der Waals surface area contributed by atoms with Gasteiger partial charge in [-0.3, -0.25) is 9.59 Å². The topological polar surface area (TPSA) is 176 Å². The molecule has 2 aromatic carbocycles. The molecule has 0 saturated carbocycles. The molecule has 1 saturated heterocycles. The van der Waals surface area contributed by atoms with Crippen molar-refractivity contribution in [3.05, 3.63) is 95.8 Å². The van der Waals surface area contributed by atoms with Crippen LogP contribution in [0, 0.1) is 11.7 Å². The lowest BCUT2D eigenvalue weighted by atomic mass is 9.79. The molecule has 1 fully saturated rings. The van der Waals surface area contributed by atoms with Gasteiger partial charge in [0.2, 0.25) is 5.91 Å². The summed E-state index contributed by atoms with van der Waals surface area (Å²) in [6.45, 7) is 4.86. The Morgan fingerprint density at radius 2 is 1.72 bits per heavy atom. The van der Waals surface area contributed by atoms with Crippen molar-refractivity contribution in [1.82, 2.24) is 40.0 Å². The van der Waals surface area contributed by atoms with E-state index in [2.05, 4.69) is 30.2 Å². The fourth-order valence-corrected chi connectivity index (χ4v) is 8.82. The summed E-state index contributed by atoms with van der Waals surface area (Å²) < 4.78 is 27.5. The molecule has 3 aliphatic rings. The Morgan fingerprint density at radius 1 is 0.966 bits per heavy atom. The lowest BCUT2D eigenvalue weighted by Gasteiger charge is -2.31. The Labute approximate surface area is 334 Å². The highest BCUT2D eigenvalue weighted by Crippen LogP contribution is 2.40. The van der Waals surface area contributed by atoms with Crippen LogP contribution in [-0.4, -0.2) is 86.1 Å². The highest BCUT2D eigenvalue weighted by molar-refractivity contribution is 5.89. The number of hydrogen-bond acceptors (Lipinski definition) is 8. The number of amides is 3. The van der Waals surface area contributed by atoms with Gasteiger partial charge in [0.05, 0.1) is 43.8 Å². The molecule has 3 amide bonds. The minimum absolute atomic E-state index is 0.0237. The van der Waals surface area contributed by atoms with Crippen molar-refractivity contribution in [2.45, 2.75) is 82.5 Å². The number of likely N-dealkylation sites (tertiary alicyclic amines) is 1. The standard InChI is InChI=1S/C43H47FN8O6/c1-23(2)37(50-43(56)58-4)41(54)52-16-5-6-34(52)40-46-20-32(47-40)25-9-7-24(8-10-25)27-11-13-29(30(44)18-27)33-21-45-39(48-33)28-19-35(53)36-31(49-42(55)57-3)14-12-26-15-17-51(22-28)38(26)36/h7-11,13,15,17-18,20-21,23,28,31,34,36-37H,5-6,12,14,16,19,22H2,1-4H3,(H,45,48)(H,46,47)(H,49,55)(H,50,56)/t28-,31-,34-,36?,37-/m0/s1. The van der Waals surface area contributed by atoms with Crippen molar-refractivity contribution in [2.75, 3.05) is 20.8 Å². The predicted octanol–water partition coefficient (Wildman–Crippen LogP) is 6.63. The predicted molar refractivity (Wildman–Crippen MR) is 212 cm³/mol. The van der Waals surface area contributed by atoms with Crippen LogP contribution in [0.25, 0.3) is 33.6 Å². The average Bonchev–Trinajstić information content (AvgIpc) is 4.06. The van der Waals surface area contributed by atoms with Crippen molar-refractivity contribution < 1.29 is 33.0 Å². The zero-order valence-corrected chi connectivity index (χ0v) is 32.9. The number of ketones is 1. The molecule has 302 valence electrons. The number of rotatable bonds is 9. The Bertz CT molecular complexity index is 2350. The van der Waals surface area contributed by atoms with Crippen LogP contribution in [0.3, 0.4) is 0 Å². The molecule has 1 aliphatic carbocycles. The number of aromatic amines is 2. The van der Waals surface area contributed by atoms with E-state index in [0.29, 0.717) is 48.0 Å². The fourth-order valence-electron chi connectivity index (χ4n) is 8.82. The normalized spacial score (nSPS) is 20.7. The number of benzene rings is 2. The number of nitrogens with zero attached hydrogens (tertiary/aromatic N) is 4. The second-order valence-electron chi connectivity index (χ2n) is 15.7. The maximum atomic E-state index is 15.8. The number of Topliss-reactive ketones (excluding diaryl/α,β-unsaturated/α-hetero) is 1. The minimum atomic E-state index is -0.715. The molecule has 14 nitrogen and oxygen atoms in total. The van der Waals surface area contributed by atoms with Crippen LogP contribution in [-0.2, 0) is 32.0 Å². The third kappa shape index (κ3) is 7.36. The van der Waals surface area contributed by atoms with Crippen LogP contribution < -0.4 is 10.6 Å². The van der Waals surface area contributed by atoms with Gasteiger partial charge < -0.3 is 39.5 Å². The van der Waals surface area contributed by atoms with Gasteiger partial charge in [-0.15, -0.1) is 0 Å². The lowest BCUT2D eigenvalue weighted by Crippen LogP contribution is -2.51. The number of aryl methyl sites for hydroxylation is 1. The molecule has 5 aromatic rings. The SMILES string of the molecule is COC(=O)N[C@H]1CCc2ccn3c2C1C(=O)C[C@H](c1ncc(-c2ccc(-c4ccc(-c5c[nH]c([C@@H]6CCCN6C(=O)[C@@H](NC(=O)OC)C(C)C)n5)cc4)cc2F)[nH]1)C3. The number of carbonyl (C=O) groups is 4. The zero-order valence-electron chi connectivity index (χ0n) is 32.9. The number of H-pyrrole nitrogens is 2. The van der Waals surface area contributed by atoms with Crippen LogP contribution in [0.15, 0.2) is 67.1 Å². The maximum absolute atomic E-state index is 15.8. The van der Waals surface area contributed by atoms with E-state index in [1.807, 2.05) is 62.6 Å². The Kier molecular flexibility index (Phi) is 10.6. The molecule has 0 spiro atoms. The molecule has 3 aromatic heterocycles. The first-order chi connectivity index (χ1) is 28.0. The van der Waals surface area contributed by atoms with E-state index in [1.165, 1.54) is 20.3 Å². The monoisotopic (exact) mass is 790 g/mol. The number of halogens is 1. The summed E-state index contributed by atoms with van der Waals surface area (Å²) in [4.78, 5) is 69.2. The molecular weight excluding hydrogens is 744 g/mol. The fraction of sp³-hybridized carbons (Fsp3) is 0.395. The summed E-state index contributed by atoms with van der Waals surface area (Å²) in [7, 11) is 2.59. The van der Waals surface area contributed by atoms with E-state index in [1.54, 1.807) is 17.2 Å². The van der Waals surface area contributed by atoms with Gasteiger partial charge in [0.1, 0.15) is 29.3 Å². The Morgan fingerprint density at radius 3 is 2.47 bits per heavy atom. The van der Waals surface area contributed by atoms with Gasteiger partial charge in [0.15, 0.2) is 0 Å². The zero-order chi connectivity index (χ0) is 40.7. The highest BCUT2D eigenvalue weighted by atomic mass is 19.1. The lowest BCUT2D eigenvalue weighted by molar-refractivity contribution is -0.135. The molecule has 58 heavy (non-hydrogen) atoms. The Hall–Kier alpha value is -6.25. The third-order valence-electron chi connectivity index (χ3n) is 11.8. The molecule has 5 heterocycles. The van der Waals surface area contributed by atoms with E-state index in [9.17, 15) is 19.2 Å². The Balaban J connectivity index is 0.949. The summed E-state index contributed by atoms with van der Waals surface area (Å²) in [5.41, 5.74) is 6.04. The van der Waals surface area contributed by atoms with Crippen LogP contribution >= 0.6 is 0 Å². The number of nitrogens with one attached hydrogen (secondary N) is 4. The highest BCUT2D eigenvalue weighted by Gasteiger charge is 2.42. The summed E-state index contributed by atoms with van der Waals surface area (Å²) in [5.74, 6) is -0.152. The number of hydrogen-bond donors (Lipinski definition) is 4. The van der Waals surface area contributed by atoms with E-state index < -0.39 is 30.0 Å². The van der Waals surface area contributed by atoms with E-state index in [4.69, 9.17) is 14.5 Å². The van der Waals surface area contributed by atoms with Gasteiger partial charge >= 0.3 is 12.2 Å². The quantitative estimate of drug-likeness (QED) is 0.129. The van der Waals surface area contributed by atoms with Gasteiger partial charge in [-0.25, -0.2) is 23.9 Å². The largest absolute Gasteiger partial charge is 0.453 e. The summed E-state index contributed by atoms with van der Waals surface area (Å²) in [6, 6.07) is 13.5. The minimum Gasteiger partial charge on any atom is -0.453 e. The third-order valence-corrected chi connectivity index (χ3v) is 11.8. The van der Waals surface area contributed by atoms with Crippen molar-refractivity contribution >= 4 is 23.9 Å². The number of carbonyl (C=O) groups excluding carboxylic acids is 4. The molecule has 15 heteroatoms. The summed E-state index contributed by atoms with van der Waals surface area (Å²) in [6.07, 6.45) is 7.41. The summed E-state index contributed by atoms with van der Waals surface area (Å²) >= 11 is 0. The van der Waals surface area contributed by atoms with Gasteiger partial charge in [-0.1, -0.05) is 44.2 Å². The first-order valence-corrected chi connectivity index (χ1v) is 19.7. The number of aromatic nitrogens is 5. The number of alkyl carbamates (subject to hydrolysis) is 2. The maximum Gasteiger partial charge on any atom is 0.407 e. The second-order valence-corrected chi connectivity index (χ2v) is 15.7. The van der Waals surface area contributed by atoms with Gasteiger partial charge in [0.25, 0.3) is 0 Å². The molecule has 8 rings (SSSR count). The van der Waals surface area contributed by atoms with Crippen molar-refractivity contribution in [3.8, 4) is 33.6 Å². The molecule has 5 atom stereocenters. The number of ether oxygens (including phenoxy) is 2. The van der Waals surface area contributed by atoms with E-state index in [-0.39, 0.29) is 42.0 Å². The van der Waals surface area contributed by atoms with Crippen LogP contribution in [0.5, 0.6) is 0 Å². The van der Waals surface area contributed by atoms with Crippen molar-refractivity contribution in [1.29, 1.82) is 0 Å². The second kappa shape index (κ2) is 15.9. The van der Waals surface area contributed by atoms with E-state index >= 15 is 4.39 Å². The van der Waals surface area contributed by atoms with Crippen LogP contribution in [0.4, 0.5) is 14.0 Å². The van der Waals surface area contributed by atoms with Crippen LogP contribution in [0.1, 0.15) is 80.3 Å². The molecule has 0 bridgehead atoms. The molecular formula is C43H47FN8O6. The summed E-state index contributed by atoms with van der Waals surface area (Å²) in [5, 5.41) is 5.55. The van der Waals surface area contributed by atoms with Gasteiger partial charge in [-0.05, 0) is 66.5 Å². The van der Waals surface area contributed by atoms with Crippen molar-refractivity contribution in [3.63, 3.8) is 0 Å². The average molecular weight is 791 g/mol.